The van der Waals surface area contributed by atoms with Crippen molar-refractivity contribution in [1.29, 1.82) is 0 Å². The van der Waals surface area contributed by atoms with Crippen LogP contribution in [0.15, 0.2) is 28.9 Å². The summed E-state index contributed by atoms with van der Waals surface area (Å²) in [6.45, 7) is 2.13. The number of hydrogen-bond acceptors (Lipinski definition) is 7. The van der Waals surface area contributed by atoms with Gasteiger partial charge in [0, 0.05) is 12.7 Å². The van der Waals surface area contributed by atoms with Crippen LogP contribution in [0.25, 0.3) is 0 Å². The molecule has 1 aliphatic heterocycles. The topological polar surface area (TPSA) is 130 Å². The Labute approximate surface area is 154 Å². The van der Waals surface area contributed by atoms with Crippen molar-refractivity contribution in [1.82, 2.24) is 20.5 Å². The van der Waals surface area contributed by atoms with Crippen molar-refractivity contribution >= 4 is 29.3 Å². The van der Waals surface area contributed by atoms with Gasteiger partial charge in [-0.1, -0.05) is 11.2 Å². The summed E-state index contributed by atoms with van der Waals surface area (Å²) in [6, 6.07) is 5.61. The molecule has 1 aromatic heterocycles. The number of amides is 5. The standard InChI is InChI=1S/C16H18N6O5/c1-10-14(20-27-19-10)26-7-6-17-15(24)18-11-4-3-5-12(8-11)22-13(23)9-21(2)16(22)25/h3-5,8H,6-7,9H2,1-2H3,(H2,17,18,24). The monoisotopic (exact) mass is 374 g/mol. The van der Waals surface area contributed by atoms with Gasteiger partial charge in [-0.25, -0.2) is 19.1 Å². The molecule has 0 bridgehead atoms. The summed E-state index contributed by atoms with van der Waals surface area (Å²) >= 11 is 0. The lowest BCUT2D eigenvalue weighted by atomic mass is 10.2. The van der Waals surface area contributed by atoms with Crippen LogP contribution in [0.2, 0.25) is 0 Å². The molecule has 0 aliphatic carbocycles. The lowest BCUT2D eigenvalue weighted by Crippen LogP contribution is -2.33. The maximum absolute atomic E-state index is 12.0. The second kappa shape index (κ2) is 7.72. The third kappa shape index (κ3) is 4.14. The molecule has 11 nitrogen and oxygen atoms in total. The highest BCUT2D eigenvalue weighted by Crippen LogP contribution is 2.23. The number of carbonyl (C=O) groups excluding carboxylic acids is 3. The predicted molar refractivity (Wildman–Crippen MR) is 93.5 cm³/mol. The molecule has 0 atom stereocenters. The molecule has 1 aliphatic rings. The highest BCUT2D eigenvalue weighted by atomic mass is 16.6. The maximum Gasteiger partial charge on any atom is 0.331 e. The number of hydrogen-bond donors (Lipinski definition) is 2. The lowest BCUT2D eigenvalue weighted by Gasteiger charge is -2.15. The first-order chi connectivity index (χ1) is 13.0. The zero-order valence-corrected chi connectivity index (χ0v) is 14.8. The number of imide groups is 1. The van der Waals surface area contributed by atoms with E-state index in [4.69, 9.17) is 4.74 Å². The van der Waals surface area contributed by atoms with Crippen molar-refractivity contribution < 1.29 is 23.7 Å². The van der Waals surface area contributed by atoms with Crippen molar-refractivity contribution in [3.8, 4) is 5.88 Å². The number of ether oxygens (including phenoxy) is 1. The van der Waals surface area contributed by atoms with Gasteiger partial charge in [0.2, 0.25) is 0 Å². The van der Waals surface area contributed by atoms with E-state index in [1.54, 1.807) is 38.2 Å². The van der Waals surface area contributed by atoms with Crippen molar-refractivity contribution in [3.63, 3.8) is 0 Å². The van der Waals surface area contributed by atoms with Crippen LogP contribution in [0.3, 0.4) is 0 Å². The van der Waals surface area contributed by atoms with E-state index in [1.165, 1.54) is 4.90 Å². The summed E-state index contributed by atoms with van der Waals surface area (Å²) < 4.78 is 9.80. The fourth-order valence-corrected chi connectivity index (χ4v) is 2.44. The van der Waals surface area contributed by atoms with Gasteiger partial charge in [0.05, 0.1) is 12.2 Å². The maximum atomic E-state index is 12.0. The zero-order valence-electron chi connectivity index (χ0n) is 14.8. The first-order valence-electron chi connectivity index (χ1n) is 8.10. The van der Waals surface area contributed by atoms with Gasteiger partial charge in [0.1, 0.15) is 18.8 Å². The quantitative estimate of drug-likeness (QED) is 0.569. The third-order valence-electron chi connectivity index (χ3n) is 3.74. The average Bonchev–Trinajstić information content (AvgIpc) is 3.14. The molecular formula is C16H18N6O5. The number of benzene rings is 1. The molecule has 2 N–H and O–H groups in total. The molecule has 1 fully saturated rings. The van der Waals surface area contributed by atoms with E-state index in [0.717, 1.165) is 4.90 Å². The largest absolute Gasteiger partial charge is 0.472 e. The second-order valence-electron chi connectivity index (χ2n) is 5.80. The fourth-order valence-electron chi connectivity index (χ4n) is 2.44. The molecule has 2 heterocycles. The Morgan fingerprint density at radius 3 is 2.81 bits per heavy atom. The third-order valence-corrected chi connectivity index (χ3v) is 3.74. The van der Waals surface area contributed by atoms with Crippen LogP contribution in [0, 0.1) is 6.92 Å². The van der Waals surface area contributed by atoms with Crippen LogP contribution < -0.4 is 20.3 Å². The Kier molecular flexibility index (Phi) is 5.20. The molecule has 27 heavy (non-hydrogen) atoms. The summed E-state index contributed by atoms with van der Waals surface area (Å²) in [5.41, 5.74) is 1.36. The first kappa shape index (κ1) is 18.2. The van der Waals surface area contributed by atoms with Gasteiger partial charge in [0.15, 0.2) is 0 Å². The summed E-state index contributed by atoms with van der Waals surface area (Å²) in [5.74, 6) is -0.0475. The van der Waals surface area contributed by atoms with E-state index in [9.17, 15) is 14.4 Å². The van der Waals surface area contributed by atoms with Crippen LogP contribution in [0.4, 0.5) is 21.0 Å². The first-order valence-corrected chi connectivity index (χ1v) is 8.10. The molecule has 0 unspecified atom stereocenters. The van der Waals surface area contributed by atoms with Crippen molar-refractivity contribution in [3.05, 3.63) is 30.0 Å². The van der Waals surface area contributed by atoms with Gasteiger partial charge in [-0.05, 0) is 30.3 Å². The van der Waals surface area contributed by atoms with Crippen LogP contribution in [-0.4, -0.2) is 59.9 Å². The van der Waals surface area contributed by atoms with Crippen LogP contribution in [0.1, 0.15) is 5.69 Å². The minimum atomic E-state index is -0.457. The molecule has 2 aromatic rings. The van der Waals surface area contributed by atoms with Gasteiger partial charge in [-0.15, -0.1) is 0 Å². The van der Waals surface area contributed by atoms with E-state index in [1.807, 2.05) is 0 Å². The summed E-state index contributed by atoms with van der Waals surface area (Å²) in [7, 11) is 1.55. The van der Waals surface area contributed by atoms with E-state index in [0.29, 0.717) is 17.1 Å². The Hall–Kier alpha value is -3.63. The summed E-state index contributed by atoms with van der Waals surface area (Å²) in [5, 5.41) is 12.4. The summed E-state index contributed by atoms with van der Waals surface area (Å²) in [6.07, 6.45) is 0. The SMILES string of the molecule is Cc1nonc1OCCNC(=O)Nc1cccc(N2C(=O)CN(C)C2=O)c1. The number of nitrogens with zero attached hydrogens (tertiary/aromatic N) is 4. The highest BCUT2D eigenvalue weighted by Gasteiger charge is 2.34. The van der Waals surface area contributed by atoms with Crippen molar-refractivity contribution in [2.24, 2.45) is 0 Å². The lowest BCUT2D eigenvalue weighted by molar-refractivity contribution is -0.116. The smallest absolute Gasteiger partial charge is 0.331 e. The van der Waals surface area contributed by atoms with Crippen LogP contribution in [-0.2, 0) is 4.79 Å². The number of urea groups is 2. The zero-order chi connectivity index (χ0) is 19.4. The minimum absolute atomic E-state index is 0.0253. The van der Waals surface area contributed by atoms with Gasteiger partial charge in [-0.2, -0.15) is 0 Å². The normalized spacial score (nSPS) is 13.9. The van der Waals surface area contributed by atoms with Gasteiger partial charge in [-0.3, -0.25) is 4.79 Å². The molecule has 11 heteroatoms. The Bertz CT molecular complexity index is 866. The second-order valence-corrected chi connectivity index (χ2v) is 5.80. The Balaban J connectivity index is 1.52. The number of likely N-dealkylation sites (N-methyl/N-ethyl adjacent to an activating group) is 1. The molecule has 0 saturated carbocycles. The van der Waals surface area contributed by atoms with E-state index in [2.05, 4.69) is 25.6 Å². The Morgan fingerprint density at radius 2 is 2.15 bits per heavy atom. The number of anilines is 2. The molecule has 142 valence electrons. The summed E-state index contributed by atoms with van der Waals surface area (Å²) in [4.78, 5) is 38.4. The van der Waals surface area contributed by atoms with E-state index < -0.39 is 12.1 Å². The molecule has 5 amide bonds. The number of nitrogens with one attached hydrogen (secondary N) is 2. The number of aryl methyl sites for hydroxylation is 1. The van der Waals surface area contributed by atoms with E-state index in [-0.39, 0.29) is 31.5 Å². The Morgan fingerprint density at radius 1 is 1.33 bits per heavy atom. The predicted octanol–water partition coefficient (Wildman–Crippen LogP) is 0.977. The van der Waals surface area contributed by atoms with Gasteiger partial charge >= 0.3 is 12.1 Å². The molecule has 0 radical (unpaired) electrons. The highest BCUT2D eigenvalue weighted by molar-refractivity contribution is 6.19. The number of carbonyl (C=O) groups is 3. The van der Waals surface area contributed by atoms with E-state index >= 15 is 0 Å². The molecule has 1 saturated heterocycles. The average molecular weight is 374 g/mol. The molecular weight excluding hydrogens is 356 g/mol. The van der Waals surface area contributed by atoms with Crippen LogP contribution in [0.5, 0.6) is 5.88 Å². The van der Waals surface area contributed by atoms with Gasteiger partial charge < -0.3 is 20.3 Å². The molecule has 1 aromatic carbocycles. The minimum Gasteiger partial charge on any atom is -0.472 e. The molecule has 0 spiro atoms. The fraction of sp³-hybridized carbons (Fsp3) is 0.312. The molecule has 3 rings (SSSR count). The van der Waals surface area contributed by atoms with Crippen molar-refractivity contribution in [2.75, 3.05) is 37.0 Å². The van der Waals surface area contributed by atoms with Crippen LogP contribution >= 0.6 is 0 Å². The number of rotatable bonds is 6. The van der Waals surface area contributed by atoms with Crippen molar-refractivity contribution in [2.45, 2.75) is 6.92 Å². The number of aromatic nitrogens is 2. The van der Waals surface area contributed by atoms with Gasteiger partial charge in [0.25, 0.3) is 11.8 Å².